The van der Waals surface area contributed by atoms with Crippen LogP contribution < -0.4 is 5.32 Å². The summed E-state index contributed by atoms with van der Waals surface area (Å²) in [6.07, 6.45) is 1.14. The SMILES string of the molecule is CC(CO)CNC(C)(C)CC(C)(C)C. The van der Waals surface area contributed by atoms with E-state index < -0.39 is 0 Å². The van der Waals surface area contributed by atoms with Gasteiger partial charge in [-0.2, -0.15) is 0 Å². The Morgan fingerprint density at radius 1 is 1.14 bits per heavy atom. The molecule has 0 aromatic carbocycles. The van der Waals surface area contributed by atoms with Gasteiger partial charge in [0, 0.05) is 18.7 Å². The van der Waals surface area contributed by atoms with Gasteiger partial charge in [-0.1, -0.05) is 27.7 Å². The molecule has 0 heterocycles. The van der Waals surface area contributed by atoms with Gasteiger partial charge < -0.3 is 10.4 Å². The molecule has 1 atom stereocenters. The van der Waals surface area contributed by atoms with Crippen LogP contribution in [0, 0.1) is 11.3 Å². The smallest absolute Gasteiger partial charge is 0.0468 e. The van der Waals surface area contributed by atoms with E-state index in [4.69, 9.17) is 5.11 Å². The van der Waals surface area contributed by atoms with Crippen molar-refractivity contribution in [2.45, 2.75) is 53.5 Å². The first kappa shape index (κ1) is 13.9. The quantitative estimate of drug-likeness (QED) is 0.716. The molecular formula is C12H27NO. The second-order valence-electron chi connectivity index (χ2n) is 6.29. The molecule has 0 radical (unpaired) electrons. The molecule has 0 bridgehead atoms. The van der Waals surface area contributed by atoms with Crippen molar-refractivity contribution in [3.05, 3.63) is 0 Å². The highest BCUT2D eigenvalue weighted by molar-refractivity contribution is 4.83. The van der Waals surface area contributed by atoms with Crippen LogP contribution in [0.5, 0.6) is 0 Å². The third-order valence-corrected chi connectivity index (χ3v) is 2.21. The molecule has 2 N–H and O–H groups in total. The van der Waals surface area contributed by atoms with Crippen molar-refractivity contribution >= 4 is 0 Å². The Balaban J connectivity index is 3.95. The Morgan fingerprint density at radius 3 is 2.00 bits per heavy atom. The van der Waals surface area contributed by atoms with Crippen LogP contribution in [-0.2, 0) is 0 Å². The molecule has 86 valence electrons. The van der Waals surface area contributed by atoms with Crippen molar-refractivity contribution < 1.29 is 5.11 Å². The molecule has 0 saturated carbocycles. The molecule has 0 saturated heterocycles. The summed E-state index contributed by atoms with van der Waals surface area (Å²) >= 11 is 0. The number of rotatable bonds is 5. The molecule has 0 aliphatic rings. The van der Waals surface area contributed by atoms with E-state index >= 15 is 0 Å². The molecule has 0 aliphatic carbocycles. The zero-order valence-corrected chi connectivity index (χ0v) is 10.6. The lowest BCUT2D eigenvalue weighted by Crippen LogP contribution is -2.44. The molecule has 0 rings (SSSR count). The molecular weight excluding hydrogens is 174 g/mol. The normalized spacial score (nSPS) is 15.6. The first-order valence-electron chi connectivity index (χ1n) is 5.52. The van der Waals surface area contributed by atoms with Gasteiger partial charge in [-0.15, -0.1) is 0 Å². The fourth-order valence-electron chi connectivity index (χ4n) is 1.90. The maximum absolute atomic E-state index is 8.92. The van der Waals surface area contributed by atoms with E-state index in [9.17, 15) is 0 Å². The van der Waals surface area contributed by atoms with E-state index in [0.29, 0.717) is 11.3 Å². The Labute approximate surface area is 89.1 Å². The van der Waals surface area contributed by atoms with E-state index in [2.05, 4.69) is 46.9 Å². The van der Waals surface area contributed by atoms with Crippen LogP contribution >= 0.6 is 0 Å². The van der Waals surface area contributed by atoms with E-state index in [-0.39, 0.29) is 12.1 Å². The summed E-state index contributed by atoms with van der Waals surface area (Å²) in [7, 11) is 0. The van der Waals surface area contributed by atoms with Crippen LogP contribution in [0.25, 0.3) is 0 Å². The monoisotopic (exact) mass is 201 g/mol. The molecule has 0 aromatic rings. The highest BCUT2D eigenvalue weighted by atomic mass is 16.3. The summed E-state index contributed by atoms with van der Waals surface area (Å²) < 4.78 is 0. The first-order chi connectivity index (χ1) is 6.16. The highest BCUT2D eigenvalue weighted by Gasteiger charge is 2.24. The van der Waals surface area contributed by atoms with E-state index in [1.54, 1.807) is 0 Å². The molecule has 0 spiro atoms. The van der Waals surface area contributed by atoms with Crippen LogP contribution in [0.3, 0.4) is 0 Å². The summed E-state index contributed by atoms with van der Waals surface area (Å²) in [6.45, 7) is 14.4. The molecule has 0 amide bonds. The maximum Gasteiger partial charge on any atom is 0.0468 e. The van der Waals surface area contributed by atoms with Crippen molar-refractivity contribution in [2.24, 2.45) is 11.3 Å². The maximum atomic E-state index is 8.92. The number of aliphatic hydroxyl groups is 1. The van der Waals surface area contributed by atoms with Crippen molar-refractivity contribution in [1.29, 1.82) is 0 Å². The van der Waals surface area contributed by atoms with Gasteiger partial charge in [0.05, 0.1) is 0 Å². The molecule has 0 fully saturated rings. The topological polar surface area (TPSA) is 32.3 Å². The molecule has 1 unspecified atom stereocenters. The van der Waals surface area contributed by atoms with Crippen LogP contribution in [0.2, 0.25) is 0 Å². The Morgan fingerprint density at radius 2 is 1.64 bits per heavy atom. The Kier molecular flexibility index (Phi) is 5.10. The number of hydrogen-bond donors (Lipinski definition) is 2. The zero-order chi connectivity index (χ0) is 11.4. The minimum Gasteiger partial charge on any atom is -0.396 e. The first-order valence-corrected chi connectivity index (χ1v) is 5.52. The predicted molar refractivity (Wildman–Crippen MR) is 62.4 cm³/mol. The van der Waals surface area contributed by atoms with Crippen molar-refractivity contribution in [3.8, 4) is 0 Å². The fourth-order valence-corrected chi connectivity index (χ4v) is 1.90. The summed E-state index contributed by atoms with van der Waals surface area (Å²) in [5.41, 5.74) is 0.501. The Bertz CT molecular complexity index is 158. The van der Waals surface area contributed by atoms with Crippen LogP contribution in [0.4, 0.5) is 0 Å². The summed E-state index contributed by atoms with van der Waals surface area (Å²) in [4.78, 5) is 0. The molecule has 0 aromatic heterocycles. The van der Waals surface area contributed by atoms with Crippen LogP contribution in [0.15, 0.2) is 0 Å². The standard InChI is InChI=1S/C12H27NO/c1-10(8-14)7-13-12(5,6)9-11(2,3)4/h10,13-14H,7-9H2,1-6H3. The summed E-state index contributed by atoms with van der Waals surface area (Å²) in [6, 6.07) is 0. The third kappa shape index (κ3) is 7.34. The van der Waals surface area contributed by atoms with Gasteiger partial charge in [0.2, 0.25) is 0 Å². The van der Waals surface area contributed by atoms with Crippen molar-refractivity contribution in [3.63, 3.8) is 0 Å². The van der Waals surface area contributed by atoms with Crippen molar-refractivity contribution in [2.75, 3.05) is 13.2 Å². The van der Waals surface area contributed by atoms with E-state index in [1.807, 2.05) is 0 Å². The lowest BCUT2D eigenvalue weighted by Gasteiger charge is -2.34. The molecule has 14 heavy (non-hydrogen) atoms. The average Bonchev–Trinajstić information content (AvgIpc) is 1.96. The van der Waals surface area contributed by atoms with Gasteiger partial charge in [0.1, 0.15) is 0 Å². The third-order valence-electron chi connectivity index (χ3n) is 2.21. The lowest BCUT2D eigenvalue weighted by atomic mass is 9.81. The minimum atomic E-state index is 0.154. The number of nitrogens with one attached hydrogen (secondary N) is 1. The van der Waals surface area contributed by atoms with E-state index in [1.165, 1.54) is 0 Å². The fraction of sp³-hybridized carbons (Fsp3) is 1.00. The second kappa shape index (κ2) is 5.13. The Hall–Kier alpha value is -0.0800. The van der Waals surface area contributed by atoms with Crippen molar-refractivity contribution in [1.82, 2.24) is 5.32 Å². The summed E-state index contributed by atoms with van der Waals surface area (Å²) in [5, 5.41) is 12.4. The zero-order valence-electron chi connectivity index (χ0n) is 10.6. The highest BCUT2D eigenvalue weighted by Crippen LogP contribution is 2.26. The van der Waals surface area contributed by atoms with Gasteiger partial charge in [-0.05, 0) is 31.6 Å². The van der Waals surface area contributed by atoms with Gasteiger partial charge in [0.25, 0.3) is 0 Å². The van der Waals surface area contributed by atoms with Gasteiger partial charge in [-0.25, -0.2) is 0 Å². The van der Waals surface area contributed by atoms with Crippen LogP contribution in [0.1, 0.15) is 48.0 Å². The molecule has 0 aliphatic heterocycles. The minimum absolute atomic E-state index is 0.154. The number of hydrogen-bond acceptors (Lipinski definition) is 2. The van der Waals surface area contributed by atoms with Crippen LogP contribution in [-0.4, -0.2) is 23.8 Å². The number of aliphatic hydroxyl groups excluding tert-OH is 1. The predicted octanol–water partition coefficient (Wildman–Crippen LogP) is 2.42. The van der Waals surface area contributed by atoms with Gasteiger partial charge in [-0.3, -0.25) is 0 Å². The average molecular weight is 201 g/mol. The lowest BCUT2D eigenvalue weighted by molar-refractivity contribution is 0.199. The largest absolute Gasteiger partial charge is 0.396 e. The molecule has 2 heteroatoms. The van der Waals surface area contributed by atoms with E-state index in [0.717, 1.165) is 13.0 Å². The van der Waals surface area contributed by atoms with Gasteiger partial charge in [0.15, 0.2) is 0 Å². The summed E-state index contributed by atoms with van der Waals surface area (Å²) in [5.74, 6) is 0.342. The van der Waals surface area contributed by atoms with Gasteiger partial charge >= 0.3 is 0 Å². The second-order valence-corrected chi connectivity index (χ2v) is 6.29. The molecule has 2 nitrogen and oxygen atoms in total.